The largest absolute Gasteiger partial charge is 0.310 e. The van der Waals surface area contributed by atoms with Gasteiger partial charge in [-0.05, 0) is 127 Å². The minimum Gasteiger partial charge on any atom is -0.310 e. The van der Waals surface area contributed by atoms with Gasteiger partial charge in [0.05, 0.1) is 11.0 Å². The van der Waals surface area contributed by atoms with Crippen LogP contribution in [0, 0.1) is 0 Å². The quantitative estimate of drug-likeness (QED) is 0.139. The third-order valence-electron chi connectivity index (χ3n) is 12.8. The Morgan fingerprint density at radius 2 is 0.594 bits per heavy atom. The molecule has 2 heteroatoms. The van der Waals surface area contributed by atoms with Gasteiger partial charge < -0.3 is 9.47 Å². The summed E-state index contributed by atoms with van der Waals surface area (Å²) in [7, 11) is 0. The molecule has 1 heterocycles. The number of hydrogen-bond donors (Lipinski definition) is 0. The number of hydrogen-bond acceptors (Lipinski definition) is 1. The maximum Gasteiger partial charge on any atom is 0.0542 e. The summed E-state index contributed by atoms with van der Waals surface area (Å²) in [6, 6.07) is 92.4. The lowest BCUT2D eigenvalue weighted by molar-refractivity contribution is 1.18. The van der Waals surface area contributed by atoms with Crippen molar-refractivity contribution < 1.29 is 0 Å². The van der Waals surface area contributed by atoms with E-state index in [0.717, 1.165) is 22.7 Å². The lowest BCUT2D eigenvalue weighted by Crippen LogP contribution is -2.09. The molecule has 0 radical (unpaired) electrons. The average molecular weight is 815 g/mol. The molecule has 0 fully saturated rings. The van der Waals surface area contributed by atoms with E-state index in [9.17, 15) is 0 Å². The van der Waals surface area contributed by atoms with Gasteiger partial charge >= 0.3 is 0 Å². The second-order valence-electron chi connectivity index (χ2n) is 16.5. The second-order valence-corrected chi connectivity index (χ2v) is 16.5. The van der Waals surface area contributed by atoms with Crippen molar-refractivity contribution in [3.05, 3.63) is 255 Å². The molecule has 0 saturated heterocycles. The zero-order valence-corrected chi connectivity index (χ0v) is 35.1. The summed E-state index contributed by atoms with van der Waals surface area (Å²) in [5.74, 6) is 0. The molecule has 0 aliphatic heterocycles. The molecular formula is C62H42N2. The van der Waals surface area contributed by atoms with Crippen LogP contribution >= 0.6 is 0 Å². The molecule has 12 aromatic rings. The second kappa shape index (κ2) is 15.8. The fourth-order valence-corrected chi connectivity index (χ4v) is 9.82. The molecule has 0 spiro atoms. The lowest BCUT2D eigenvalue weighted by Gasteiger charge is -2.26. The fraction of sp³-hybridized carbons (Fsp3) is 0. The van der Waals surface area contributed by atoms with Crippen molar-refractivity contribution in [3.63, 3.8) is 0 Å². The Labute approximate surface area is 373 Å². The molecule has 0 N–H and O–H groups in total. The highest BCUT2D eigenvalue weighted by Crippen LogP contribution is 2.44. The van der Waals surface area contributed by atoms with Gasteiger partial charge in [-0.25, -0.2) is 0 Å². The summed E-state index contributed by atoms with van der Waals surface area (Å²) in [6.45, 7) is 0. The lowest BCUT2D eigenvalue weighted by atomic mass is 9.86. The summed E-state index contributed by atoms with van der Waals surface area (Å²) >= 11 is 0. The molecule has 0 aliphatic carbocycles. The predicted octanol–water partition coefficient (Wildman–Crippen LogP) is 17.2. The zero-order valence-electron chi connectivity index (χ0n) is 35.1. The van der Waals surface area contributed by atoms with Crippen LogP contribution < -0.4 is 4.90 Å². The van der Waals surface area contributed by atoms with E-state index in [1.165, 1.54) is 87.9 Å². The van der Waals surface area contributed by atoms with E-state index >= 15 is 0 Å². The number of aromatic nitrogens is 1. The van der Waals surface area contributed by atoms with E-state index in [0.29, 0.717) is 0 Å². The topological polar surface area (TPSA) is 8.17 Å². The van der Waals surface area contributed by atoms with Gasteiger partial charge in [0.1, 0.15) is 0 Å². The highest BCUT2D eigenvalue weighted by Gasteiger charge is 2.19. The smallest absolute Gasteiger partial charge is 0.0542 e. The van der Waals surface area contributed by atoms with Crippen LogP contribution in [0.1, 0.15) is 0 Å². The Bertz CT molecular complexity index is 3550. The van der Waals surface area contributed by atoms with E-state index in [4.69, 9.17) is 0 Å². The Kier molecular flexibility index (Phi) is 9.20. The van der Waals surface area contributed by atoms with E-state index in [-0.39, 0.29) is 0 Å². The van der Waals surface area contributed by atoms with Gasteiger partial charge in [-0.3, -0.25) is 0 Å². The van der Waals surface area contributed by atoms with Crippen molar-refractivity contribution in [2.75, 3.05) is 4.90 Å². The van der Waals surface area contributed by atoms with E-state index in [1.54, 1.807) is 0 Å². The first-order chi connectivity index (χ1) is 31.8. The van der Waals surface area contributed by atoms with Crippen LogP contribution in [0.15, 0.2) is 255 Å². The number of nitrogens with zero attached hydrogens (tertiary/aromatic N) is 2. The Hall–Kier alpha value is -8.46. The van der Waals surface area contributed by atoms with Crippen LogP contribution in [-0.4, -0.2) is 4.57 Å². The molecule has 0 aliphatic rings. The highest BCUT2D eigenvalue weighted by atomic mass is 15.1. The van der Waals surface area contributed by atoms with Crippen LogP contribution in [0.5, 0.6) is 0 Å². The molecular weight excluding hydrogens is 773 g/mol. The fourth-order valence-electron chi connectivity index (χ4n) is 9.82. The monoisotopic (exact) mass is 814 g/mol. The van der Waals surface area contributed by atoms with Gasteiger partial charge in [-0.1, -0.05) is 194 Å². The number of rotatable bonds is 8. The van der Waals surface area contributed by atoms with Crippen LogP contribution in [0.4, 0.5) is 17.1 Å². The van der Waals surface area contributed by atoms with Crippen LogP contribution in [0.2, 0.25) is 0 Å². The van der Waals surface area contributed by atoms with Crippen molar-refractivity contribution in [3.8, 4) is 50.2 Å². The van der Waals surface area contributed by atoms with Gasteiger partial charge in [0.15, 0.2) is 0 Å². The number of anilines is 3. The van der Waals surface area contributed by atoms with Gasteiger partial charge in [0.2, 0.25) is 0 Å². The minimum atomic E-state index is 1.10. The van der Waals surface area contributed by atoms with Crippen molar-refractivity contribution in [1.82, 2.24) is 4.57 Å². The maximum absolute atomic E-state index is 2.37. The van der Waals surface area contributed by atoms with Crippen molar-refractivity contribution >= 4 is 60.4 Å². The molecule has 11 aromatic carbocycles. The normalized spacial score (nSPS) is 11.4. The first-order valence-corrected chi connectivity index (χ1v) is 22.0. The number of benzene rings is 11. The molecule has 0 atom stereocenters. The molecule has 0 unspecified atom stereocenters. The van der Waals surface area contributed by atoms with Gasteiger partial charge in [-0.15, -0.1) is 0 Å². The molecule has 0 bridgehead atoms. The van der Waals surface area contributed by atoms with Crippen molar-refractivity contribution in [2.24, 2.45) is 0 Å². The van der Waals surface area contributed by atoms with Crippen LogP contribution in [-0.2, 0) is 0 Å². The van der Waals surface area contributed by atoms with Crippen LogP contribution in [0.3, 0.4) is 0 Å². The Balaban J connectivity index is 0.856. The molecule has 0 amide bonds. The number of para-hydroxylation sites is 3. The summed E-state index contributed by atoms with van der Waals surface area (Å²) in [6.07, 6.45) is 0. The summed E-state index contributed by atoms with van der Waals surface area (Å²) in [5, 5.41) is 7.54. The SMILES string of the molecule is c1ccc(-c2c3ccccc3c(-c3ccc(-c4ccc(-c5ccc(N(c6ccccc6)c6ccc7c(c6)c6ccccc6n7-c6ccccc6)cc5)cc4)cc3)c3ccccc23)cc1. The first kappa shape index (κ1) is 37.3. The molecule has 2 nitrogen and oxygen atoms in total. The zero-order chi connectivity index (χ0) is 42.4. The standard InChI is InChI=1S/C62H42N2/c1-4-16-47(17-5-1)61-54-23-10-12-25-56(54)62(57-26-13-11-24-55(57)61)48-34-32-45(33-35-48)43-28-30-44(31-29-43)46-36-38-51(39-37-46)63(49-18-6-2-7-19-49)52-40-41-60-58(42-52)53-22-14-15-27-59(53)64(60)50-20-8-3-9-21-50/h1-42H. The first-order valence-electron chi connectivity index (χ1n) is 22.0. The summed E-state index contributed by atoms with van der Waals surface area (Å²) in [4.78, 5) is 2.36. The van der Waals surface area contributed by atoms with Crippen molar-refractivity contribution in [1.29, 1.82) is 0 Å². The van der Waals surface area contributed by atoms with E-state index in [2.05, 4.69) is 264 Å². The summed E-state index contributed by atoms with van der Waals surface area (Å²) < 4.78 is 2.37. The highest BCUT2D eigenvalue weighted by molar-refractivity contribution is 6.21. The number of fused-ring (bicyclic) bond motifs is 5. The molecule has 12 rings (SSSR count). The van der Waals surface area contributed by atoms with Gasteiger partial charge in [-0.2, -0.15) is 0 Å². The molecule has 0 saturated carbocycles. The van der Waals surface area contributed by atoms with E-state index < -0.39 is 0 Å². The Morgan fingerprint density at radius 1 is 0.234 bits per heavy atom. The molecule has 300 valence electrons. The van der Waals surface area contributed by atoms with Crippen molar-refractivity contribution in [2.45, 2.75) is 0 Å². The molecule has 1 aromatic heterocycles. The van der Waals surface area contributed by atoms with Gasteiger partial charge in [0.25, 0.3) is 0 Å². The summed E-state index contributed by atoms with van der Waals surface area (Å²) in [5.41, 5.74) is 16.7. The maximum atomic E-state index is 2.37. The third kappa shape index (κ3) is 6.44. The third-order valence-corrected chi connectivity index (χ3v) is 12.8. The minimum absolute atomic E-state index is 1.10. The van der Waals surface area contributed by atoms with Crippen LogP contribution in [0.25, 0.3) is 93.5 Å². The van der Waals surface area contributed by atoms with Gasteiger partial charge in [0, 0.05) is 33.5 Å². The molecule has 64 heavy (non-hydrogen) atoms. The average Bonchev–Trinajstić information content (AvgIpc) is 3.70. The van der Waals surface area contributed by atoms with E-state index in [1.807, 2.05) is 0 Å². The Morgan fingerprint density at radius 3 is 1.12 bits per heavy atom. The predicted molar refractivity (Wildman–Crippen MR) is 272 cm³/mol.